The summed E-state index contributed by atoms with van der Waals surface area (Å²) in [5.74, 6) is 0.630. The minimum Gasteiger partial charge on any atom is -0.393 e. The van der Waals surface area contributed by atoms with Gasteiger partial charge in [-0.1, -0.05) is 11.6 Å². The maximum Gasteiger partial charge on any atom is 0.255 e. The van der Waals surface area contributed by atoms with Gasteiger partial charge in [-0.15, -0.1) is 0 Å². The molecule has 2 N–H and O–H groups in total. The van der Waals surface area contributed by atoms with Crippen molar-refractivity contribution in [3.8, 4) is 0 Å². The number of halogens is 1. The molecule has 2 rings (SSSR count). The lowest BCUT2D eigenvalue weighted by molar-refractivity contribution is 0.0762. The third kappa shape index (κ3) is 2.98. The second kappa shape index (κ2) is 5.75. The van der Waals surface area contributed by atoms with E-state index >= 15 is 0 Å². The molecule has 2 heterocycles. The van der Waals surface area contributed by atoms with Gasteiger partial charge in [0.05, 0.1) is 16.7 Å². The largest absolute Gasteiger partial charge is 0.393 e. The zero-order chi connectivity index (χ0) is 14.0. The van der Waals surface area contributed by atoms with Crippen LogP contribution in [0, 0.1) is 5.92 Å². The number of amides is 1. The van der Waals surface area contributed by atoms with Crippen molar-refractivity contribution >= 4 is 23.3 Å². The van der Waals surface area contributed by atoms with E-state index in [9.17, 15) is 9.90 Å². The molecule has 1 aromatic rings. The van der Waals surface area contributed by atoms with Crippen LogP contribution in [0.2, 0.25) is 5.02 Å². The SMILES string of the molecule is CNc1ncc(C(=O)N2CCC(C(C)O)C2)cc1Cl. The number of aliphatic hydroxyl groups is 1. The van der Waals surface area contributed by atoms with E-state index in [0.29, 0.717) is 29.5 Å². The second-order valence-electron chi connectivity index (χ2n) is 4.84. The Hall–Kier alpha value is -1.33. The zero-order valence-corrected chi connectivity index (χ0v) is 11.8. The number of aromatic nitrogens is 1. The summed E-state index contributed by atoms with van der Waals surface area (Å²) in [4.78, 5) is 18.1. The molecule has 0 bridgehead atoms. The first-order valence-electron chi connectivity index (χ1n) is 6.33. The number of hydrogen-bond donors (Lipinski definition) is 2. The van der Waals surface area contributed by atoms with E-state index in [2.05, 4.69) is 10.3 Å². The monoisotopic (exact) mass is 283 g/mol. The Kier molecular flexibility index (Phi) is 4.27. The van der Waals surface area contributed by atoms with E-state index in [0.717, 1.165) is 6.42 Å². The third-order valence-corrected chi connectivity index (χ3v) is 3.81. The van der Waals surface area contributed by atoms with Crippen molar-refractivity contribution in [2.75, 3.05) is 25.5 Å². The Bertz CT molecular complexity index is 479. The van der Waals surface area contributed by atoms with Crippen LogP contribution in [0.1, 0.15) is 23.7 Å². The van der Waals surface area contributed by atoms with Crippen LogP contribution in [0.4, 0.5) is 5.82 Å². The standard InChI is InChI=1S/C13H18ClN3O2/c1-8(18)9-3-4-17(7-9)13(19)10-5-11(14)12(15-2)16-6-10/h5-6,8-9,18H,3-4,7H2,1-2H3,(H,15,16). The Labute approximate surface area is 117 Å². The number of likely N-dealkylation sites (tertiary alicyclic amines) is 1. The summed E-state index contributed by atoms with van der Waals surface area (Å²) in [7, 11) is 1.73. The third-order valence-electron chi connectivity index (χ3n) is 3.52. The fourth-order valence-corrected chi connectivity index (χ4v) is 2.55. The molecule has 6 heteroatoms. The van der Waals surface area contributed by atoms with E-state index < -0.39 is 0 Å². The molecule has 1 amide bonds. The molecule has 0 spiro atoms. The smallest absolute Gasteiger partial charge is 0.255 e. The van der Waals surface area contributed by atoms with Crippen molar-refractivity contribution in [2.45, 2.75) is 19.4 Å². The molecule has 2 unspecified atom stereocenters. The normalized spacial score (nSPS) is 20.4. The number of aliphatic hydroxyl groups excluding tert-OH is 1. The number of hydrogen-bond acceptors (Lipinski definition) is 4. The number of anilines is 1. The highest BCUT2D eigenvalue weighted by Crippen LogP contribution is 2.24. The predicted octanol–water partition coefficient (Wildman–Crippen LogP) is 1.62. The van der Waals surface area contributed by atoms with Crippen LogP contribution in [0.15, 0.2) is 12.3 Å². The molecule has 0 aliphatic carbocycles. The molecule has 1 saturated heterocycles. The minimum atomic E-state index is -0.383. The number of pyridine rings is 1. The van der Waals surface area contributed by atoms with Crippen molar-refractivity contribution in [3.63, 3.8) is 0 Å². The van der Waals surface area contributed by atoms with E-state index in [1.165, 1.54) is 6.20 Å². The molecule has 2 atom stereocenters. The second-order valence-corrected chi connectivity index (χ2v) is 5.25. The first kappa shape index (κ1) is 14.1. The van der Waals surface area contributed by atoms with Crippen molar-refractivity contribution < 1.29 is 9.90 Å². The van der Waals surface area contributed by atoms with Crippen LogP contribution < -0.4 is 5.32 Å². The van der Waals surface area contributed by atoms with Crippen molar-refractivity contribution in [1.29, 1.82) is 0 Å². The van der Waals surface area contributed by atoms with Gasteiger partial charge in [0.25, 0.3) is 5.91 Å². The summed E-state index contributed by atoms with van der Waals surface area (Å²) >= 11 is 6.02. The van der Waals surface area contributed by atoms with Gasteiger partial charge >= 0.3 is 0 Å². The number of carbonyl (C=O) groups excluding carboxylic acids is 1. The highest BCUT2D eigenvalue weighted by molar-refractivity contribution is 6.33. The summed E-state index contributed by atoms with van der Waals surface area (Å²) in [6, 6.07) is 1.62. The molecule has 0 radical (unpaired) electrons. The maximum absolute atomic E-state index is 12.3. The Morgan fingerprint density at radius 3 is 2.95 bits per heavy atom. The van der Waals surface area contributed by atoms with Gasteiger partial charge < -0.3 is 15.3 Å². The van der Waals surface area contributed by atoms with Crippen LogP contribution in [-0.2, 0) is 0 Å². The fourth-order valence-electron chi connectivity index (χ4n) is 2.29. The molecule has 1 aliphatic heterocycles. The first-order chi connectivity index (χ1) is 9.02. The van der Waals surface area contributed by atoms with E-state index in [1.807, 2.05) is 0 Å². The van der Waals surface area contributed by atoms with Gasteiger partial charge in [-0.05, 0) is 19.4 Å². The molecule has 1 fully saturated rings. The highest BCUT2D eigenvalue weighted by Gasteiger charge is 2.29. The topological polar surface area (TPSA) is 65.5 Å². The van der Waals surface area contributed by atoms with Gasteiger partial charge in [-0.2, -0.15) is 0 Å². The van der Waals surface area contributed by atoms with Gasteiger partial charge in [0.15, 0.2) is 0 Å². The lowest BCUT2D eigenvalue weighted by atomic mass is 10.0. The molecular weight excluding hydrogens is 266 g/mol. The van der Waals surface area contributed by atoms with Gasteiger partial charge in [0.2, 0.25) is 0 Å². The molecule has 104 valence electrons. The quantitative estimate of drug-likeness (QED) is 0.885. The lowest BCUT2D eigenvalue weighted by Gasteiger charge is -2.18. The summed E-state index contributed by atoms with van der Waals surface area (Å²) in [6.07, 6.45) is 1.97. The molecule has 5 nitrogen and oxygen atoms in total. The van der Waals surface area contributed by atoms with E-state index in [4.69, 9.17) is 11.6 Å². The summed E-state index contributed by atoms with van der Waals surface area (Å²) in [5, 5.41) is 12.8. The zero-order valence-electron chi connectivity index (χ0n) is 11.1. The van der Waals surface area contributed by atoms with Crippen molar-refractivity contribution in [1.82, 2.24) is 9.88 Å². The first-order valence-corrected chi connectivity index (χ1v) is 6.71. The Morgan fingerprint density at radius 2 is 2.42 bits per heavy atom. The summed E-state index contributed by atoms with van der Waals surface area (Å²) in [5.41, 5.74) is 0.482. The fraction of sp³-hybridized carbons (Fsp3) is 0.538. The molecular formula is C13H18ClN3O2. The van der Waals surface area contributed by atoms with Crippen LogP contribution >= 0.6 is 11.6 Å². The summed E-state index contributed by atoms with van der Waals surface area (Å²) in [6.45, 7) is 3.01. The number of nitrogens with zero attached hydrogens (tertiary/aromatic N) is 2. The van der Waals surface area contributed by atoms with E-state index in [1.54, 1.807) is 24.9 Å². The van der Waals surface area contributed by atoms with Crippen LogP contribution in [-0.4, -0.2) is 47.1 Å². The maximum atomic E-state index is 12.3. The van der Waals surface area contributed by atoms with Crippen molar-refractivity contribution in [2.24, 2.45) is 5.92 Å². The average molecular weight is 284 g/mol. The van der Waals surface area contributed by atoms with Crippen LogP contribution in [0.3, 0.4) is 0 Å². The lowest BCUT2D eigenvalue weighted by Crippen LogP contribution is -2.30. The van der Waals surface area contributed by atoms with Gasteiger partial charge in [-0.3, -0.25) is 4.79 Å². The van der Waals surface area contributed by atoms with Crippen molar-refractivity contribution in [3.05, 3.63) is 22.8 Å². The molecule has 0 saturated carbocycles. The van der Waals surface area contributed by atoms with Gasteiger partial charge in [0, 0.05) is 32.3 Å². The van der Waals surface area contributed by atoms with E-state index in [-0.39, 0.29) is 17.9 Å². The van der Waals surface area contributed by atoms with Crippen LogP contribution in [0.25, 0.3) is 0 Å². The minimum absolute atomic E-state index is 0.0831. The highest BCUT2D eigenvalue weighted by atomic mass is 35.5. The number of carbonyl (C=O) groups is 1. The van der Waals surface area contributed by atoms with Crippen LogP contribution in [0.5, 0.6) is 0 Å². The molecule has 1 aliphatic rings. The van der Waals surface area contributed by atoms with Gasteiger partial charge in [-0.25, -0.2) is 4.98 Å². The number of rotatable bonds is 3. The Balaban J connectivity index is 2.10. The summed E-state index contributed by atoms with van der Waals surface area (Å²) < 4.78 is 0. The van der Waals surface area contributed by atoms with Gasteiger partial charge in [0.1, 0.15) is 5.82 Å². The number of nitrogens with one attached hydrogen (secondary N) is 1. The molecule has 19 heavy (non-hydrogen) atoms. The predicted molar refractivity (Wildman–Crippen MR) is 74.5 cm³/mol. The Morgan fingerprint density at radius 1 is 1.68 bits per heavy atom. The average Bonchev–Trinajstić information content (AvgIpc) is 2.87. The molecule has 0 aromatic carbocycles. The molecule has 1 aromatic heterocycles.